The number of rotatable bonds is 6. The SMILES string of the molecule is CC1CCC(CNCCCC(=O)O)O1. The van der Waals surface area contributed by atoms with Crippen molar-refractivity contribution < 1.29 is 14.6 Å². The predicted octanol–water partition coefficient (Wildman–Crippen LogP) is 1.01. The minimum Gasteiger partial charge on any atom is -0.481 e. The highest BCUT2D eigenvalue weighted by molar-refractivity contribution is 5.66. The van der Waals surface area contributed by atoms with Crippen molar-refractivity contribution in [2.75, 3.05) is 13.1 Å². The fourth-order valence-electron chi connectivity index (χ4n) is 1.66. The first-order valence-corrected chi connectivity index (χ1v) is 5.26. The number of aliphatic carboxylic acids is 1. The zero-order valence-electron chi connectivity index (χ0n) is 8.66. The van der Waals surface area contributed by atoms with Crippen LogP contribution in [0.3, 0.4) is 0 Å². The lowest BCUT2D eigenvalue weighted by atomic mass is 10.2. The Hall–Kier alpha value is -0.610. The van der Waals surface area contributed by atoms with Crippen molar-refractivity contribution in [1.29, 1.82) is 0 Å². The van der Waals surface area contributed by atoms with Gasteiger partial charge in [-0.15, -0.1) is 0 Å². The van der Waals surface area contributed by atoms with E-state index >= 15 is 0 Å². The molecule has 1 heterocycles. The zero-order chi connectivity index (χ0) is 10.4. The first-order valence-electron chi connectivity index (χ1n) is 5.26. The number of hydrogen-bond donors (Lipinski definition) is 2. The second-order valence-electron chi connectivity index (χ2n) is 3.85. The van der Waals surface area contributed by atoms with Crippen LogP contribution in [0.4, 0.5) is 0 Å². The minimum atomic E-state index is -0.725. The van der Waals surface area contributed by atoms with E-state index in [9.17, 15) is 4.79 Å². The standard InChI is InChI=1S/C10H19NO3/c1-8-4-5-9(14-8)7-11-6-2-3-10(12)13/h8-9,11H,2-7H2,1H3,(H,12,13). The van der Waals surface area contributed by atoms with Crippen molar-refractivity contribution in [3.05, 3.63) is 0 Å². The molecule has 1 saturated heterocycles. The number of carbonyl (C=O) groups is 1. The molecule has 0 aromatic heterocycles. The molecule has 1 fully saturated rings. The number of hydrogen-bond acceptors (Lipinski definition) is 3. The van der Waals surface area contributed by atoms with Gasteiger partial charge in [-0.1, -0.05) is 0 Å². The Kier molecular flexibility index (Phi) is 4.90. The normalized spacial score (nSPS) is 26.6. The number of carboxylic acids is 1. The van der Waals surface area contributed by atoms with Crippen LogP contribution < -0.4 is 5.32 Å². The third-order valence-electron chi connectivity index (χ3n) is 2.44. The third-order valence-corrected chi connectivity index (χ3v) is 2.44. The van der Waals surface area contributed by atoms with E-state index in [4.69, 9.17) is 9.84 Å². The van der Waals surface area contributed by atoms with Gasteiger partial charge in [0.1, 0.15) is 0 Å². The maximum atomic E-state index is 10.2. The molecule has 0 aromatic carbocycles. The fourth-order valence-corrected chi connectivity index (χ4v) is 1.66. The van der Waals surface area contributed by atoms with Crippen LogP contribution in [0.15, 0.2) is 0 Å². The molecule has 2 unspecified atom stereocenters. The molecule has 0 spiro atoms. The maximum Gasteiger partial charge on any atom is 0.303 e. The van der Waals surface area contributed by atoms with Gasteiger partial charge in [-0.25, -0.2) is 0 Å². The quantitative estimate of drug-likeness (QED) is 0.630. The molecule has 82 valence electrons. The van der Waals surface area contributed by atoms with Gasteiger partial charge in [-0.05, 0) is 32.7 Å². The van der Waals surface area contributed by atoms with Crippen LogP contribution in [-0.4, -0.2) is 36.4 Å². The number of nitrogens with one attached hydrogen (secondary N) is 1. The van der Waals surface area contributed by atoms with E-state index < -0.39 is 5.97 Å². The highest BCUT2D eigenvalue weighted by Crippen LogP contribution is 2.17. The van der Waals surface area contributed by atoms with Crippen molar-refractivity contribution in [1.82, 2.24) is 5.32 Å². The van der Waals surface area contributed by atoms with E-state index in [1.165, 1.54) is 0 Å². The molecular formula is C10H19NO3. The van der Waals surface area contributed by atoms with Crippen LogP contribution in [0.2, 0.25) is 0 Å². The summed E-state index contributed by atoms with van der Waals surface area (Å²) in [5.41, 5.74) is 0. The lowest BCUT2D eigenvalue weighted by molar-refractivity contribution is -0.137. The first-order chi connectivity index (χ1) is 6.68. The van der Waals surface area contributed by atoms with E-state index in [0.29, 0.717) is 18.6 Å². The summed E-state index contributed by atoms with van der Waals surface area (Å²) in [5, 5.41) is 11.6. The Labute approximate surface area is 84.6 Å². The minimum absolute atomic E-state index is 0.245. The smallest absolute Gasteiger partial charge is 0.303 e. The van der Waals surface area contributed by atoms with Crippen LogP contribution in [0.1, 0.15) is 32.6 Å². The van der Waals surface area contributed by atoms with E-state index in [0.717, 1.165) is 25.9 Å². The van der Waals surface area contributed by atoms with Crippen molar-refractivity contribution in [2.45, 2.75) is 44.8 Å². The van der Waals surface area contributed by atoms with Gasteiger partial charge >= 0.3 is 5.97 Å². The van der Waals surface area contributed by atoms with Gasteiger partial charge in [-0.3, -0.25) is 4.79 Å². The van der Waals surface area contributed by atoms with Crippen molar-refractivity contribution in [3.8, 4) is 0 Å². The lowest BCUT2D eigenvalue weighted by Crippen LogP contribution is -2.27. The molecule has 0 saturated carbocycles. The predicted molar refractivity (Wildman–Crippen MR) is 53.3 cm³/mol. The number of ether oxygens (including phenoxy) is 1. The molecule has 4 nitrogen and oxygen atoms in total. The van der Waals surface area contributed by atoms with Gasteiger partial charge in [0.25, 0.3) is 0 Å². The molecule has 1 aliphatic heterocycles. The summed E-state index contributed by atoms with van der Waals surface area (Å²) in [4.78, 5) is 10.2. The lowest BCUT2D eigenvalue weighted by Gasteiger charge is -2.11. The average molecular weight is 201 g/mol. The van der Waals surface area contributed by atoms with Crippen LogP contribution in [0.5, 0.6) is 0 Å². The topological polar surface area (TPSA) is 58.6 Å². The Morgan fingerprint density at radius 3 is 2.93 bits per heavy atom. The van der Waals surface area contributed by atoms with E-state index in [1.807, 2.05) is 0 Å². The summed E-state index contributed by atoms with van der Waals surface area (Å²) in [7, 11) is 0. The molecule has 0 bridgehead atoms. The summed E-state index contributed by atoms with van der Waals surface area (Å²) in [5.74, 6) is -0.725. The Balaban J connectivity index is 1.91. The molecular weight excluding hydrogens is 182 g/mol. The Bertz CT molecular complexity index is 184. The van der Waals surface area contributed by atoms with E-state index in [1.54, 1.807) is 0 Å². The molecule has 0 radical (unpaired) electrons. The van der Waals surface area contributed by atoms with Crippen LogP contribution in [-0.2, 0) is 9.53 Å². The highest BCUT2D eigenvalue weighted by Gasteiger charge is 2.20. The van der Waals surface area contributed by atoms with Gasteiger partial charge < -0.3 is 15.2 Å². The molecule has 4 heteroatoms. The van der Waals surface area contributed by atoms with Gasteiger partial charge in [0.05, 0.1) is 12.2 Å². The molecule has 0 aromatic rings. The van der Waals surface area contributed by atoms with Gasteiger partial charge in [0.2, 0.25) is 0 Å². The fraction of sp³-hybridized carbons (Fsp3) is 0.900. The molecule has 1 rings (SSSR count). The molecule has 1 aliphatic rings. The maximum absolute atomic E-state index is 10.2. The van der Waals surface area contributed by atoms with Crippen LogP contribution in [0, 0.1) is 0 Å². The zero-order valence-corrected chi connectivity index (χ0v) is 8.66. The van der Waals surface area contributed by atoms with Gasteiger partial charge in [0.15, 0.2) is 0 Å². The molecule has 2 N–H and O–H groups in total. The third kappa shape index (κ3) is 4.58. The van der Waals surface area contributed by atoms with Crippen LogP contribution in [0.25, 0.3) is 0 Å². The van der Waals surface area contributed by atoms with Crippen molar-refractivity contribution in [3.63, 3.8) is 0 Å². The van der Waals surface area contributed by atoms with E-state index in [-0.39, 0.29) is 6.42 Å². The molecule has 0 amide bonds. The van der Waals surface area contributed by atoms with Gasteiger partial charge in [0, 0.05) is 13.0 Å². The number of carboxylic acid groups (broad SMARTS) is 1. The summed E-state index contributed by atoms with van der Waals surface area (Å²) < 4.78 is 5.61. The average Bonchev–Trinajstić information content (AvgIpc) is 2.50. The monoisotopic (exact) mass is 201 g/mol. The Morgan fingerprint density at radius 2 is 2.36 bits per heavy atom. The second-order valence-corrected chi connectivity index (χ2v) is 3.85. The summed E-state index contributed by atoms with van der Waals surface area (Å²) in [6, 6.07) is 0. The molecule has 0 aliphatic carbocycles. The van der Waals surface area contributed by atoms with Crippen LogP contribution >= 0.6 is 0 Å². The summed E-state index contributed by atoms with van der Waals surface area (Å²) in [6.45, 7) is 3.70. The van der Waals surface area contributed by atoms with Crippen molar-refractivity contribution in [2.24, 2.45) is 0 Å². The largest absolute Gasteiger partial charge is 0.481 e. The van der Waals surface area contributed by atoms with Gasteiger partial charge in [-0.2, -0.15) is 0 Å². The first kappa shape index (κ1) is 11.5. The Morgan fingerprint density at radius 1 is 1.57 bits per heavy atom. The molecule has 2 atom stereocenters. The van der Waals surface area contributed by atoms with Crippen molar-refractivity contribution >= 4 is 5.97 Å². The second kappa shape index (κ2) is 5.98. The summed E-state index contributed by atoms with van der Waals surface area (Å²) >= 11 is 0. The summed E-state index contributed by atoms with van der Waals surface area (Å²) in [6.07, 6.45) is 3.91. The molecule has 14 heavy (non-hydrogen) atoms. The highest BCUT2D eigenvalue weighted by atomic mass is 16.5. The van der Waals surface area contributed by atoms with E-state index in [2.05, 4.69) is 12.2 Å².